The molecule has 1 heterocycles. The SMILES string of the molecule is CCC(NC(=O)c1cc([N+](=O)[O-])ccc1I)c1nccs1. The fourth-order valence-electron chi connectivity index (χ4n) is 1.78. The summed E-state index contributed by atoms with van der Waals surface area (Å²) in [5, 5.41) is 16.4. The Balaban J connectivity index is 2.23. The van der Waals surface area contributed by atoms with Crippen LogP contribution in [0.2, 0.25) is 0 Å². The van der Waals surface area contributed by atoms with E-state index >= 15 is 0 Å². The van der Waals surface area contributed by atoms with Gasteiger partial charge in [0, 0.05) is 27.3 Å². The number of benzene rings is 1. The number of nitro groups is 1. The molecule has 1 aromatic carbocycles. The van der Waals surface area contributed by atoms with Crippen LogP contribution in [0.3, 0.4) is 0 Å². The Bertz CT molecular complexity index is 661. The average molecular weight is 417 g/mol. The van der Waals surface area contributed by atoms with Gasteiger partial charge < -0.3 is 5.32 Å². The smallest absolute Gasteiger partial charge is 0.270 e. The van der Waals surface area contributed by atoms with Gasteiger partial charge in [0.2, 0.25) is 0 Å². The van der Waals surface area contributed by atoms with Gasteiger partial charge in [-0.15, -0.1) is 11.3 Å². The predicted molar refractivity (Wildman–Crippen MR) is 88.4 cm³/mol. The van der Waals surface area contributed by atoms with Crippen molar-refractivity contribution in [2.24, 2.45) is 0 Å². The van der Waals surface area contributed by atoms with Gasteiger partial charge >= 0.3 is 0 Å². The Morgan fingerprint density at radius 3 is 2.90 bits per heavy atom. The number of aromatic nitrogens is 1. The van der Waals surface area contributed by atoms with E-state index in [1.165, 1.54) is 23.5 Å². The van der Waals surface area contributed by atoms with Gasteiger partial charge in [0.1, 0.15) is 5.01 Å². The van der Waals surface area contributed by atoms with Gasteiger partial charge in [0.05, 0.1) is 16.5 Å². The molecule has 0 saturated carbocycles. The second-order valence-corrected chi connectivity index (χ2v) is 6.31. The molecule has 1 aromatic heterocycles. The lowest BCUT2D eigenvalue weighted by Crippen LogP contribution is -2.28. The van der Waals surface area contributed by atoms with E-state index in [-0.39, 0.29) is 17.6 Å². The van der Waals surface area contributed by atoms with E-state index in [1.807, 2.05) is 34.9 Å². The maximum absolute atomic E-state index is 12.3. The first-order valence-electron chi connectivity index (χ1n) is 6.17. The summed E-state index contributed by atoms with van der Waals surface area (Å²) < 4.78 is 0.671. The number of thiazole rings is 1. The van der Waals surface area contributed by atoms with Gasteiger partial charge in [0.25, 0.3) is 11.6 Å². The summed E-state index contributed by atoms with van der Waals surface area (Å²) in [7, 11) is 0. The molecule has 1 N–H and O–H groups in total. The molecule has 0 fully saturated rings. The van der Waals surface area contributed by atoms with E-state index in [2.05, 4.69) is 10.3 Å². The molecule has 0 spiro atoms. The van der Waals surface area contributed by atoms with Crippen LogP contribution in [0.25, 0.3) is 0 Å². The van der Waals surface area contributed by atoms with Crippen LogP contribution in [-0.2, 0) is 0 Å². The van der Waals surface area contributed by atoms with Gasteiger partial charge in [-0.05, 0) is 35.1 Å². The van der Waals surface area contributed by atoms with Gasteiger partial charge in [0.15, 0.2) is 0 Å². The molecule has 0 aliphatic heterocycles. The number of nitrogens with one attached hydrogen (secondary N) is 1. The average Bonchev–Trinajstić information content (AvgIpc) is 2.98. The molecule has 8 heteroatoms. The van der Waals surface area contributed by atoms with E-state index in [1.54, 1.807) is 12.3 Å². The van der Waals surface area contributed by atoms with Crippen molar-refractivity contribution in [3.8, 4) is 0 Å². The van der Waals surface area contributed by atoms with Crippen LogP contribution in [0.15, 0.2) is 29.8 Å². The molecule has 21 heavy (non-hydrogen) atoms. The van der Waals surface area contributed by atoms with E-state index in [4.69, 9.17) is 0 Å². The molecular formula is C13H12IN3O3S. The fourth-order valence-corrected chi connectivity index (χ4v) is 3.13. The zero-order valence-electron chi connectivity index (χ0n) is 11.1. The van der Waals surface area contributed by atoms with Crippen molar-refractivity contribution in [2.45, 2.75) is 19.4 Å². The van der Waals surface area contributed by atoms with Crippen molar-refractivity contribution in [3.63, 3.8) is 0 Å². The number of non-ortho nitro benzene ring substituents is 1. The number of nitrogens with zero attached hydrogens (tertiary/aromatic N) is 2. The maximum atomic E-state index is 12.3. The second kappa shape index (κ2) is 6.94. The molecule has 2 aromatic rings. The molecule has 6 nitrogen and oxygen atoms in total. The first-order chi connectivity index (χ1) is 10.0. The van der Waals surface area contributed by atoms with E-state index in [0.29, 0.717) is 15.6 Å². The number of halogens is 1. The molecule has 0 bridgehead atoms. The zero-order valence-corrected chi connectivity index (χ0v) is 14.1. The Morgan fingerprint density at radius 1 is 1.57 bits per heavy atom. The summed E-state index contributed by atoms with van der Waals surface area (Å²) in [4.78, 5) is 26.8. The number of carbonyl (C=O) groups excluding carboxylic acids is 1. The van der Waals surface area contributed by atoms with Crippen LogP contribution in [0, 0.1) is 13.7 Å². The minimum Gasteiger partial charge on any atom is -0.343 e. The zero-order chi connectivity index (χ0) is 15.4. The quantitative estimate of drug-likeness (QED) is 0.458. The topological polar surface area (TPSA) is 85.1 Å². The van der Waals surface area contributed by atoms with Gasteiger partial charge in [-0.1, -0.05) is 6.92 Å². The van der Waals surface area contributed by atoms with Crippen LogP contribution in [0.5, 0.6) is 0 Å². The lowest BCUT2D eigenvalue weighted by molar-refractivity contribution is -0.384. The molecule has 2 rings (SSSR count). The fraction of sp³-hybridized carbons (Fsp3) is 0.231. The second-order valence-electron chi connectivity index (χ2n) is 4.23. The highest BCUT2D eigenvalue weighted by atomic mass is 127. The molecule has 1 amide bonds. The monoisotopic (exact) mass is 417 g/mol. The van der Waals surface area contributed by atoms with E-state index < -0.39 is 4.92 Å². The summed E-state index contributed by atoms with van der Waals surface area (Å²) in [6.45, 7) is 1.95. The summed E-state index contributed by atoms with van der Waals surface area (Å²) >= 11 is 3.46. The minimum atomic E-state index is -0.509. The predicted octanol–water partition coefficient (Wildman–Crippen LogP) is 3.54. The number of nitro benzene ring substituents is 1. The number of rotatable bonds is 5. The normalized spacial score (nSPS) is 11.9. The molecule has 0 aliphatic carbocycles. The van der Waals surface area contributed by atoms with Crippen molar-refractivity contribution in [1.82, 2.24) is 10.3 Å². The van der Waals surface area contributed by atoms with Gasteiger partial charge in [-0.3, -0.25) is 14.9 Å². The summed E-state index contributed by atoms with van der Waals surface area (Å²) in [5.74, 6) is -0.329. The number of carbonyl (C=O) groups is 1. The Hall–Kier alpha value is -1.55. The third-order valence-corrected chi connectivity index (χ3v) is 4.70. The Kier molecular flexibility index (Phi) is 5.23. The lowest BCUT2D eigenvalue weighted by Gasteiger charge is -2.15. The first kappa shape index (κ1) is 15.8. The third kappa shape index (κ3) is 3.76. The van der Waals surface area contributed by atoms with Crippen LogP contribution in [0.1, 0.15) is 34.8 Å². The Labute approximate surface area is 138 Å². The molecule has 1 unspecified atom stereocenters. The van der Waals surface area contributed by atoms with Gasteiger partial charge in [-0.2, -0.15) is 0 Å². The molecule has 1 atom stereocenters. The van der Waals surface area contributed by atoms with Crippen LogP contribution in [0.4, 0.5) is 5.69 Å². The lowest BCUT2D eigenvalue weighted by atomic mass is 10.1. The third-order valence-electron chi connectivity index (χ3n) is 2.87. The first-order valence-corrected chi connectivity index (χ1v) is 8.13. The van der Waals surface area contributed by atoms with E-state index in [0.717, 1.165) is 5.01 Å². The maximum Gasteiger partial charge on any atom is 0.270 e. The minimum absolute atomic E-state index is 0.0946. The largest absolute Gasteiger partial charge is 0.343 e. The number of amides is 1. The standard InChI is InChI=1S/C13H12IN3O3S/c1-2-11(13-15-5-6-21-13)16-12(18)9-7-8(17(19)20)3-4-10(9)14/h3-7,11H,2H2,1H3,(H,16,18). The highest BCUT2D eigenvalue weighted by Crippen LogP contribution is 2.23. The van der Waals surface area contributed by atoms with Crippen molar-refractivity contribution < 1.29 is 9.72 Å². The molecule has 0 saturated heterocycles. The number of hydrogen-bond acceptors (Lipinski definition) is 5. The van der Waals surface area contributed by atoms with Crippen LogP contribution < -0.4 is 5.32 Å². The number of hydrogen-bond donors (Lipinski definition) is 1. The summed E-state index contributed by atoms with van der Waals surface area (Å²) in [6.07, 6.45) is 2.39. The van der Waals surface area contributed by atoms with Gasteiger partial charge in [-0.25, -0.2) is 4.98 Å². The van der Waals surface area contributed by atoms with Crippen molar-refractivity contribution >= 4 is 45.5 Å². The molecular weight excluding hydrogens is 405 g/mol. The highest BCUT2D eigenvalue weighted by molar-refractivity contribution is 14.1. The summed E-state index contributed by atoms with van der Waals surface area (Å²) in [6, 6.07) is 4.06. The van der Waals surface area contributed by atoms with Crippen molar-refractivity contribution in [3.05, 3.63) is 54.0 Å². The van der Waals surface area contributed by atoms with Crippen LogP contribution >= 0.6 is 33.9 Å². The summed E-state index contributed by atoms with van der Waals surface area (Å²) in [5.41, 5.74) is 0.211. The molecule has 0 aliphatic rings. The van der Waals surface area contributed by atoms with E-state index in [9.17, 15) is 14.9 Å². The Morgan fingerprint density at radius 2 is 2.33 bits per heavy atom. The van der Waals surface area contributed by atoms with Crippen molar-refractivity contribution in [2.75, 3.05) is 0 Å². The molecule has 0 radical (unpaired) electrons. The highest BCUT2D eigenvalue weighted by Gasteiger charge is 2.20. The van der Waals surface area contributed by atoms with Crippen molar-refractivity contribution in [1.29, 1.82) is 0 Å². The van der Waals surface area contributed by atoms with Crippen LogP contribution in [-0.4, -0.2) is 15.8 Å². The molecule has 110 valence electrons.